The van der Waals surface area contributed by atoms with Crippen LogP contribution in [0.2, 0.25) is 0 Å². The van der Waals surface area contributed by atoms with E-state index in [9.17, 15) is 9.90 Å². The van der Waals surface area contributed by atoms with Crippen molar-refractivity contribution in [1.29, 1.82) is 0 Å². The zero-order chi connectivity index (χ0) is 12.0. The highest BCUT2D eigenvalue weighted by atomic mass is 16.5. The summed E-state index contributed by atoms with van der Waals surface area (Å²) >= 11 is 0. The first-order chi connectivity index (χ1) is 7.60. The minimum atomic E-state index is -0.631. The Hall–Kier alpha value is -0.610. The molecule has 0 bridgehead atoms. The van der Waals surface area contributed by atoms with E-state index >= 15 is 0 Å². The van der Waals surface area contributed by atoms with Crippen LogP contribution in [0.1, 0.15) is 32.6 Å². The van der Waals surface area contributed by atoms with E-state index in [2.05, 4.69) is 4.90 Å². The summed E-state index contributed by atoms with van der Waals surface area (Å²) in [6.45, 7) is 4.83. The van der Waals surface area contributed by atoms with Crippen molar-refractivity contribution in [2.45, 2.75) is 32.6 Å². The molecule has 0 saturated heterocycles. The van der Waals surface area contributed by atoms with Gasteiger partial charge in [-0.2, -0.15) is 0 Å². The maximum atomic E-state index is 11.3. The Bertz CT molecular complexity index is 224. The van der Waals surface area contributed by atoms with Gasteiger partial charge in [-0.05, 0) is 26.8 Å². The molecule has 0 aromatic heterocycles. The lowest BCUT2D eigenvalue weighted by Crippen LogP contribution is -2.40. The maximum Gasteiger partial charge on any atom is 0.310 e. The zero-order valence-corrected chi connectivity index (χ0v) is 10.4. The van der Waals surface area contributed by atoms with E-state index in [4.69, 9.17) is 4.74 Å². The van der Waals surface area contributed by atoms with E-state index in [-0.39, 0.29) is 0 Å². The van der Waals surface area contributed by atoms with Gasteiger partial charge in [0.05, 0.1) is 12.0 Å². The van der Waals surface area contributed by atoms with Gasteiger partial charge in [-0.1, -0.05) is 12.8 Å². The van der Waals surface area contributed by atoms with Crippen LogP contribution in [-0.4, -0.2) is 49.3 Å². The minimum absolute atomic E-state index is 0.499. The van der Waals surface area contributed by atoms with E-state index in [1.165, 1.54) is 0 Å². The highest BCUT2D eigenvalue weighted by Gasteiger charge is 2.41. The van der Waals surface area contributed by atoms with Crippen LogP contribution in [0.15, 0.2) is 0 Å². The molecule has 1 fully saturated rings. The molecule has 1 aliphatic carbocycles. The number of hydrogen-bond donors (Lipinski definition) is 1. The summed E-state index contributed by atoms with van der Waals surface area (Å²) in [7, 11) is 1.97. The standard InChI is InChI=1S/C12H23NO3/c1-3-16-9-8-13(2)10-12(11(14)15)6-4-5-7-12/h3-10H2,1-2H3,(H,14,15). The number of carboxylic acids is 1. The number of carbonyl (C=O) groups is 1. The third kappa shape index (κ3) is 3.46. The van der Waals surface area contributed by atoms with E-state index < -0.39 is 11.4 Å². The van der Waals surface area contributed by atoms with Gasteiger partial charge in [0.25, 0.3) is 0 Å². The molecule has 1 N–H and O–H groups in total. The first-order valence-corrected chi connectivity index (χ1v) is 6.10. The van der Waals surface area contributed by atoms with Gasteiger partial charge in [-0.15, -0.1) is 0 Å². The fraction of sp³-hybridized carbons (Fsp3) is 0.917. The number of aliphatic carboxylic acids is 1. The third-order valence-corrected chi connectivity index (χ3v) is 3.41. The number of carboxylic acid groups (broad SMARTS) is 1. The second-order valence-corrected chi connectivity index (χ2v) is 4.73. The van der Waals surface area contributed by atoms with Crippen molar-refractivity contribution in [3.63, 3.8) is 0 Å². The molecule has 0 radical (unpaired) electrons. The molecule has 94 valence electrons. The van der Waals surface area contributed by atoms with E-state index in [1.807, 2.05) is 14.0 Å². The molecule has 0 unspecified atom stereocenters. The summed E-state index contributed by atoms with van der Waals surface area (Å²) in [5, 5.41) is 9.33. The van der Waals surface area contributed by atoms with E-state index in [1.54, 1.807) is 0 Å². The highest BCUT2D eigenvalue weighted by Crippen LogP contribution is 2.38. The normalized spacial score (nSPS) is 19.2. The molecule has 0 amide bonds. The zero-order valence-electron chi connectivity index (χ0n) is 10.4. The largest absolute Gasteiger partial charge is 0.481 e. The Morgan fingerprint density at radius 2 is 2.06 bits per heavy atom. The van der Waals surface area contributed by atoms with Crippen molar-refractivity contribution in [3.05, 3.63) is 0 Å². The van der Waals surface area contributed by atoms with Gasteiger partial charge in [0.2, 0.25) is 0 Å². The summed E-state index contributed by atoms with van der Waals surface area (Å²) in [6, 6.07) is 0. The van der Waals surface area contributed by atoms with Gasteiger partial charge in [0.1, 0.15) is 0 Å². The topological polar surface area (TPSA) is 49.8 Å². The van der Waals surface area contributed by atoms with Gasteiger partial charge in [0.15, 0.2) is 0 Å². The summed E-state index contributed by atoms with van der Waals surface area (Å²) in [5.41, 5.74) is -0.499. The summed E-state index contributed by atoms with van der Waals surface area (Å²) < 4.78 is 5.27. The minimum Gasteiger partial charge on any atom is -0.481 e. The number of rotatable bonds is 7. The van der Waals surface area contributed by atoms with Crippen molar-refractivity contribution in [3.8, 4) is 0 Å². The third-order valence-electron chi connectivity index (χ3n) is 3.41. The molecule has 4 nitrogen and oxygen atoms in total. The fourth-order valence-corrected chi connectivity index (χ4v) is 2.45. The molecule has 0 aromatic rings. The van der Waals surface area contributed by atoms with Crippen LogP contribution >= 0.6 is 0 Å². The average Bonchev–Trinajstić information content (AvgIpc) is 2.68. The first-order valence-electron chi connectivity index (χ1n) is 6.10. The maximum absolute atomic E-state index is 11.3. The number of ether oxygens (including phenoxy) is 1. The lowest BCUT2D eigenvalue weighted by Gasteiger charge is -2.29. The Kier molecular flexibility index (Phi) is 5.22. The van der Waals surface area contributed by atoms with Gasteiger partial charge >= 0.3 is 5.97 Å². The second kappa shape index (κ2) is 6.21. The fourth-order valence-electron chi connectivity index (χ4n) is 2.45. The molecule has 16 heavy (non-hydrogen) atoms. The predicted octanol–water partition coefficient (Wildman–Crippen LogP) is 1.60. The van der Waals surface area contributed by atoms with Crippen LogP contribution in [0, 0.1) is 5.41 Å². The van der Waals surface area contributed by atoms with Gasteiger partial charge < -0.3 is 14.7 Å². The van der Waals surface area contributed by atoms with E-state index in [0.29, 0.717) is 13.2 Å². The van der Waals surface area contributed by atoms with Crippen LogP contribution in [0.4, 0.5) is 0 Å². The van der Waals surface area contributed by atoms with Crippen LogP contribution < -0.4 is 0 Å². The Labute approximate surface area is 97.6 Å². The second-order valence-electron chi connectivity index (χ2n) is 4.73. The van der Waals surface area contributed by atoms with Gasteiger partial charge in [0, 0.05) is 19.7 Å². The quantitative estimate of drug-likeness (QED) is 0.674. The molecule has 1 aliphatic rings. The van der Waals surface area contributed by atoms with Gasteiger partial charge in [-0.25, -0.2) is 0 Å². The lowest BCUT2D eigenvalue weighted by molar-refractivity contribution is -0.149. The number of hydrogen-bond acceptors (Lipinski definition) is 3. The lowest BCUT2D eigenvalue weighted by atomic mass is 9.86. The molecule has 0 spiro atoms. The molecule has 0 aromatic carbocycles. The van der Waals surface area contributed by atoms with Crippen LogP contribution in [-0.2, 0) is 9.53 Å². The number of nitrogens with zero attached hydrogens (tertiary/aromatic N) is 1. The van der Waals surface area contributed by atoms with Crippen molar-refractivity contribution < 1.29 is 14.6 Å². The first kappa shape index (κ1) is 13.5. The highest BCUT2D eigenvalue weighted by molar-refractivity contribution is 5.75. The van der Waals surface area contributed by atoms with Crippen molar-refractivity contribution >= 4 is 5.97 Å². The summed E-state index contributed by atoms with van der Waals surface area (Å²) in [6.07, 6.45) is 3.74. The van der Waals surface area contributed by atoms with Crippen molar-refractivity contribution in [1.82, 2.24) is 4.90 Å². The smallest absolute Gasteiger partial charge is 0.310 e. The molecule has 1 rings (SSSR count). The molecule has 1 saturated carbocycles. The molecule has 0 atom stereocenters. The SMILES string of the molecule is CCOCCN(C)CC1(C(=O)O)CCCC1. The van der Waals surface area contributed by atoms with Crippen LogP contribution in [0.3, 0.4) is 0 Å². The van der Waals surface area contributed by atoms with Crippen molar-refractivity contribution in [2.75, 3.05) is 33.4 Å². The molecule has 4 heteroatoms. The molecule has 0 heterocycles. The molecular weight excluding hydrogens is 206 g/mol. The Morgan fingerprint density at radius 1 is 1.44 bits per heavy atom. The monoisotopic (exact) mass is 229 g/mol. The average molecular weight is 229 g/mol. The Balaban J connectivity index is 2.40. The summed E-state index contributed by atoms with van der Waals surface area (Å²) in [4.78, 5) is 13.4. The van der Waals surface area contributed by atoms with Crippen LogP contribution in [0.5, 0.6) is 0 Å². The molecule has 0 aliphatic heterocycles. The Morgan fingerprint density at radius 3 is 2.56 bits per heavy atom. The van der Waals surface area contributed by atoms with E-state index in [0.717, 1.165) is 38.8 Å². The van der Waals surface area contributed by atoms with Crippen molar-refractivity contribution in [2.24, 2.45) is 5.41 Å². The summed E-state index contributed by atoms with van der Waals surface area (Å²) in [5.74, 6) is -0.631. The number of likely N-dealkylation sites (N-methyl/N-ethyl adjacent to an activating group) is 1. The van der Waals surface area contributed by atoms with Gasteiger partial charge in [-0.3, -0.25) is 4.79 Å². The molecular formula is C12H23NO3. The van der Waals surface area contributed by atoms with Crippen LogP contribution in [0.25, 0.3) is 0 Å². The predicted molar refractivity (Wildman–Crippen MR) is 62.5 cm³/mol.